The highest BCUT2D eigenvalue weighted by Crippen LogP contribution is 2.26. The number of anilines is 1. The summed E-state index contributed by atoms with van der Waals surface area (Å²) in [6.45, 7) is 5.32. The molecule has 0 radical (unpaired) electrons. The third kappa shape index (κ3) is 2.68. The number of hydrogen-bond acceptors (Lipinski definition) is 2. The number of carbonyl (C=O) groups excluding carboxylic acids is 1. The Hall–Kier alpha value is -2.75. The minimum absolute atomic E-state index is 0.143. The van der Waals surface area contributed by atoms with Crippen molar-refractivity contribution in [3.63, 3.8) is 0 Å². The van der Waals surface area contributed by atoms with Gasteiger partial charge in [0, 0.05) is 49.8 Å². The van der Waals surface area contributed by atoms with Gasteiger partial charge in [0.05, 0.1) is 0 Å². The third-order valence-corrected chi connectivity index (χ3v) is 5.25. The first-order valence-electron chi connectivity index (χ1n) is 8.80. The van der Waals surface area contributed by atoms with Gasteiger partial charge in [-0.1, -0.05) is 36.4 Å². The van der Waals surface area contributed by atoms with E-state index in [1.165, 1.54) is 5.69 Å². The average Bonchev–Trinajstić information content (AvgIpc) is 2.93. The molecule has 0 atom stereocenters. The molecule has 4 rings (SSSR count). The van der Waals surface area contributed by atoms with Crippen molar-refractivity contribution in [3.05, 3.63) is 65.9 Å². The zero-order valence-electron chi connectivity index (χ0n) is 14.8. The van der Waals surface area contributed by atoms with Crippen LogP contribution >= 0.6 is 0 Å². The van der Waals surface area contributed by atoms with Crippen molar-refractivity contribution in [2.75, 3.05) is 31.1 Å². The summed E-state index contributed by atoms with van der Waals surface area (Å²) in [7, 11) is 1.99. The van der Waals surface area contributed by atoms with Crippen LogP contribution in [0.25, 0.3) is 10.9 Å². The molecule has 4 nitrogen and oxygen atoms in total. The van der Waals surface area contributed by atoms with Gasteiger partial charge in [0.15, 0.2) is 0 Å². The number of aryl methyl sites for hydroxylation is 2. The van der Waals surface area contributed by atoms with Gasteiger partial charge in [-0.15, -0.1) is 0 Å². The Bertz CT molecular complexity index is 867. The Balaban J connectivity index is 1.55. The molecule has 0 saturated carbocycles. The zero-order chi connectivity index (χ0) is 17.4. The van der Waals surface area contributed by atoms with Crippen LogP contribution in [-0.4, -0.2) is 41.6 Å². The van der Waals surface area contributed by atoms with Crippen LogP contribution in [0.2, 0.25) is 0 Å². The van der Waals surface area contributed by atoms with E-state index < -0.39 is 0 Å². The van der Waals surface area contributed by atoms with Crippen molar-refractivity contribution in [1.29, 1.82) is 0 Å². The number of carbonyl (C=O) groups is 1. The molecule has 1 fully saturated rings. The molecule has 1 aliphatic rings. The summed E-state index contributed by atoms with van der Waals surface area (Å²) in [6.07, 6.45) is 0. The summed E-state index contributed by atoms with van der Waals surface area (Å²) >= 11 is 0. The van der Waals surface area contributed by atoms with Gasteiger partial charge in [0.25, 0.3) is 5.91 Å². The molecule has 1 aromatic heterocycles. The molecule has 0 N–H and O–H groups in total. The highest BCUT2D eigenvalue weighted by molar-refractivity contribution is 6.01. The van der Waals surface area contributed by atoms with E-state index in [1.54, 1.807) is 0 Å². The lowest BCUT2D eigenvalue weighted by molar-refractivity contribution is 0.0737. The van der Waals surface area contributed by atoms with E-state index in [0.29, 0.717) is 0 Å². The fourth-order valence-electron chi connectivity index (χ4n) is 3.84. The van der Waals surface area contributed by atoms with E-state index in [9.17, 15) is 4.79 Å². The van der Waals surface area contributed by atoms with Crippen LogP contribution in [0.3, 0.4) is 0 Å². The van der Waals surface area contributed by atoms with Crippen molar-refractivity contribution in [2.45, 2.75) is 6.92 Å². The minimum Gasteiger partial charge on any atom is -0.368 e. The minimum atomic E-state index is 0.143. The normalized spacial score (nSPS) is 15.0. The Kier molecular flexibility index (Phi) is 3.96. The van der Waals surface area contributed by atoms with E-state index in [0.717, 1.165) is 48.3 Å². The molecule has 0 bridgehead atoms. The molecular weight excluding hydrogens is 310 g/mol. The number of amides is 1. The Morgan fingerprint density at radius 2 is 1.52 bits per heavy atom. The largest absolute Gasteiger partial charge is 0.368 e. The number of nitrogens with zero attached hydrogens (tertiary/aromatic N) is 3. The van der Waals surface area contributed by atoms with Gasteiger partial charge in [-0.3, -0.25) is 4.79 Å². The Morgan fingerprint density at radius 1 is 0.880 bits per heavy atom. The summed E-state index contributed by atoms with van der Waals surface area (Å²) in [4.78, 5) is 17.5. The summed E-state index contributed by atoms with van der Waals surface area (Å²) in [5.74, 6) is 0.143. The summed E-state index contributed by atoms with van der Waals surface area (Å²) in [5, 5.41) is 1.16. The second kappa shape index (κ2) is 6.28. The second-order valence-electron chi connectivity index (χ2n) is 6.66. The molecule has 0 aliphatic carbocycles. The van der Waals surface area contributed by atoms with Crippen molar-refractivity contribution < 1.29 is 4.79 Å². The molecule has 1 aliphatic heterocycles. The fourth-order valence-corrected chi connectivity index (χ4v) is 3.84. The summed E-state index contributed by atoms with van der Waals surface area (Å²) < 4.78 is 2.04. The van der Waals surface area contributed by atoms with Crippen LogP contribution in [0.5, 0.6) is 0 Å². The zero-order valence-corrected chi connectivity index (χ0v) is 14.8. The lowest BCUT2D eigenvalue weighted by atomic mass is 10.1. The maximum absolute atomic E-state index is 13.1. The summed E-state index contributed by atoms with van der Waals surface area (Å²) in [6, 6.07) is 18.6. The van der Waals surface area contributed by atoms with E-state index >= 15 is 0 Å². The number of benzene rings is 2. The molecular formula is C21H23N3O. The van der Waals surface area contributed by atoms with E-state index in [1.807, 2.05) is 34.7 Å². The van der Waals surface area contributed by atoms with Crippen LogP contribution < -0.4 is 4.90 Å². The Morgan fingerprint density at radius 3 is 2.20 bits per heavy atom. The number of aromatic nitrogens is 1. The quantitative estimate of drug-likeness (QED) is 0.719. The number of piperazine rings is 1. The third-order valence-electron chi connectivity index (χ3n) is 5.25. The van der Waals surface area contributed by atoms with Crippen LogP contribution in [0, 0.1) is 6.92 Å². The number of para-hydroxylation sites is 2. The molecule has 2 aromatic carbocycles. The van der Waals surface area contributed by atoms with E-state index in [2.05, 4.69) is 48.2 Å². The molecule has 128 valence electrons. The summed E-state index contributed by atoms with van der Waals surface area (Å²) in [5.41, 5.74) is 4.24. The van der Waals surface area contributed by atoms with Gasteiger partial charge in [-0.05, 0) is 30.7 Å². The molecule has 0 unspecified atom stereocenters. The molecule has 1 saturated heterocycles. The standard InChI is InChI=1S/C21H23N3O/c1-16-18-10-6-7-11-19(18)22(2)20(16)21(25)24-14-12-23(13-15-24)17-8-4-3-5-9-17/h3-11H,12-15H2,1-2H3. The Labute approximate surface area is 148 Å². The highest BCUT2D eigenvalue weighted by Gasteiger charge is 2.26. The smallest absolute Gasteiger partial charge is 0.270 e. The first-order valence-corrected chi connectivity index (χ1v) is 8.80. The van der Waals surface area contributed by atoms with Crippen molar-refractivity contribution in [3.8, 4) is 0 Å². The first-order chi connectivity index (χ1) is 12.2. The molecule has 3 aromatic rings. The highest BCUT2D eigenvalue weighted by atomic mass is 16.2. The van der Waals surface area contributed by atoms with Gasteiger partial charge in [-0.25, -0.2) is 0 Å². The molecule has 4 heteroatoms. The van der Waals surface area contributed by atoms with Gasteiger partial charge < -0.3 is 14.4 Å². The average molecular weight is 333 g/mol. The molecule has 0 spiro atoms. The van der Waals surface area contributed by atoms with Crippen LogP contribution in [0.1, 0.15) is 16.1 Å². The second-order valence-corrected chi connectivity index (χ2v) is 6.66. The van der Waals surface area contributed by atoms with Gasteiger partial charge in [0.1, 0.15) is 5.69 Å². The SMILES string of the molecule is Cc1c(C(=O)N2CCN(c3ccccc3)CC2)n(C)c2ccccc12. The van der Waals surface area contributed by atoms with Crippen molar-refractivity contribution in [1.82, 2.24) is 9.47 Å². The predicted octanol–water partition coefficient (Wildman–Crippen LogP) is 3.45. The number of fused-ring (bicyclic) bond motifs is 1. The maximum Gasteiger partial charge on any atom is 0.270 e. The molecule has 1 amide bonds. The monoisotopic (exact) mass is 333 g/mol. The van der Waals surface area contributed by atoms with E-state index in [4.69, 9.17) is 0 Å². The lowest BCUT2D eigenvalue weighted by Crippen LogP contribution is -2.49. The van der Waals surface area contributed by atoms with Crippen LogP contribution in [0.4, 0.5) is 5.69 Å². The first kappa shape index (κ1) is 15.8. The topological polar surface area (TPSA) is 28.5 Å². The lowest BCUT2D eigenvalue weighted by Gasteiger charge is -2.36. The van der Waals surface area contributed by atoms with E-state index in [-0.39, 0.29) is 5.91 Å². The number of rotatable bonds is 2. The molecule has 25 heavy (non-hydrogen) atoms. The van der Waals surface area contributed by atoms with Crippen molar-refractivity contribution in [2.24, 2.45) is 7.05 Å². The van der Waals surface area contributed by atoms with Gasteiger partial charge in [-0.2, -0.15) is 0 Å². The van der Waals surface area contributed by atoms with Crippen LogP contribution in [0.15, 0.2) is 54.6 Å². The van der Waals surface area contributed by atoms with Gasteiger partial charge >= 0.3 is 0 Å². The van der Waals surface area contributed by atoms with Crippen molar-refractivity contribution >= 4 is 22.5 Å². The molecule has 2 heterocycles. The predicted molar refractivity (Wildman–Crippen MR) is 102 cm³/mol. The van der Waals surface area contributed by atoms with Gasteiger partial charge in [0.2, 0.25) is 0 Å². The maximum atomic E-state index is 13.1. The van der Waals surface area contributed by atoms with Crippen LogP contribution in [-0.2, 0) is 7.05 Å². The number of hydrogen-bond donors (Lipinski definition) is 0. The fraction of sp³-hybridized carbons (Fsp3) is 0.286.